The van der Waals surface area contributed by atoms with Crippen LogP contribution in [0.3, 0.4) is 0 Å². The summed E-state index contributed by atoms with van der Waals surface area (Å²) in [6.07, 6.45) is 0. The van der Waals surface area contributed by atoms with E-state index < -0.39 is 0 Å². The van der Waals surface area contributed by atoms with Crippen LogP contribution < -0.4 is 0 Å². The third kappa shape index (κ3) is 1900. The topological polar surface area (TPSA) is 283 Å². The van der Waals surface area contributed by atoms with Crippen LogP contribution in [0.2, 0.25) is 0 Å². The molecule has 0 unspecified atom stereocenters. The predicted octanol–water partition coefficient (Wildman–Crippen LogP) is -6.26. The number of hydrogen-bond acceptors (Lipinski definition) is 14. The Bertz CT molecular complexity index is 62.0. The summed E-state index contributed by atoms with van der Waals surface area (Å²) >= 11 is 0. The number of aliphatic hydroxyl groups is 14. The van der Waals surface area contributed by atoms with E-state index in [1.165, 1.54) is 0 Å². The second kappa shape index (κ2) is 2050. The zero-order valence-electron chi connectivity index (χ0n) is 24.7. The van der Waals surface area contributed by atoms with E-state index in [-0.39, 0.29) is 186 Å². The molecular formula is C14H56Mo6Na2O14. The maximum atomic E-state index is 7.00. The summed E-state index contributed by atoms with van der Waals surface area (Å²) in [7, 11) is 14.0. The zero-order chi connectivity index (χ0) is 28.0. The van der Waals surface area contributed by atoms with E-state index in [9.17, 15) is 0 Å². The van der Waals surface area contributed by atoms with Crippen LogP contribution in [0.25, 0.3) is 0 Å². The van der Waals surface area contributed by atoms with E-state index >= 15 is 0 Å². The van der Waals surface area contributed by atoms with Crippen molar-refractivity contribution in [1.29, 1.82) is 0 Å². The van der Waals surface area contributed by atoms with E-state index in [4.69, 9.17) is 71.5 Å². The van der Waals surface area contributed by atoms with Gasteiger partial charge in [0.1, 0.15) is 0 Å². The molecule has 14 nitrogen and oxygen atoms in total. The van der Waals surface area contributed by atoms with Crippen molar-refractivity contribution in [2.45, 2.75) is 0 Å². The van der Waals surface area contributed by atoms with Crippen LogP contribution in [0.4, 0.5) is 0 Å². The first-order valence-corrected chi connectivity index (χ1v) is 6.26. The standard InChI is InChI=1S/14CH4O.6Mo.2Na/c14*1-2;;;;;;;;/h14*2H,1H3;;;;;;;;. The molecule has 14 N–H and O–H groups in total. The van der Waals surface area contributed by atoms with Gasteiger partial charge in [0.15, 0.2) is 0 Å². The summed E-state index contributed by atoms with van der Waals surface area (Å²) < 4.78 is 0. The second-order valence-corrected chi connectivity index (χ2v) is 0. The van der Waals surface area contributed by atoms with Gasteiger partial charge in [0.25, 0.3) is 0 Å². The summed E-state index contributed by atoms with van der Waals surface area (Å²) in [5, 5.41) is 98.0. The number of aliphatic hydroxyl groups excluding tert-OH is 14. The van der Waals surface area contributed by atoms with Gasteiger partial charge in [-0.3, -0.25) is 0 Å². The van der Waals surface area contributed by atoms with Crippen molar-refractivity contribution in [1.82, 2.24) is 0 Å². The number of hydrogen-bond donors (Lipinski definition) is 14. The van der Waals surface area contributed by atoms with Gasteiger partial charge >= 0.3 is 0 Å². The summed E-state index contributed by atoms with van der Waals surface area (Å²) in [6.45, 7) is 0. The minimum absolute atomic E-state index is 0. The Balaban J connectivity index is -0.00000000288. The molecule has 0 atom stereocenters. The molecule has 0 saturated heterocycles. The monoisotopic (exact) mass is 1080 g/mol. The molecule has 0 saturated carbocycles. The van der Waals surface area contributed by atoms with Crippen molar-refractivity contribution in [3.05, 3.63) is 0 Å². The number of rotatable bonds is 0. The molecule has 2 radical (unpaired) electrons. The van der Waals surface area contributed by atoms with E-state index in [1.807, 2.05) is 0 Å². The quantitative estimate of drug-likeness (QED) is 0.101. The fraction of sp³-hybridized carbons (Fsp3) is 1.00. The SMILES string of the molecule is CO.CO.CO.CO.CO.CO.CO.CO.CO.CO.CO.CO.CO.CO.[Mo].[Mo].[Mo].[Mo].[Mo].[Mo].[Na].[Na]. The molecule has 0 aliphatic heterocycles. The minimum atomic E-state index is 0. The first-order valence-electron chi connectivity index (χ1n) is 6.26. The molecule has 0 rings (SSSR count). The third-order valence-electron chi connectivity index (χ3n) is 0. The van der Waals surface area contributed by atoms with Crippen molar-refractivity contribution in [3.63, 3.8) is 0 Å². The van der Waals surface area contributed by atoms with Crippen molar-refractivity contribution >= 4 is 59.1 Å². The molecule has 0 aromatic rings. The van der Waals surface area contributed by atoms with Gasteiger partial charge in [-0.15, -0.1) is 0 Å². The molecule has 0 fully saturated rings. The Morgan fingerprint density at radius 1 is 0.139 bits per heavy atom. The fourth-order valence-electron chi connectivity index (χ4n) is 0. The average Bonchev–Trinajstić information content (AvgIpc) is 2.95. The zero-order valence-corrected chi connectivity index (χ0v) is 40.8. The second-order valence-electron chi connectivity index (χ2n) is 0. The van der Waals surface area contributed by atoms with Crippen LogP contribution in [0.15, 0.2) is 0 Å². The molecular weight excluding hydrogens is 1010 g/mol. The van der Waals surface area contributed by atoms with Gasteiger partial charge in [-0.25, -0.2) is 0 Å². The Kier molecular flexibility index (Phi) is 10200. The molecule has 0 amide bonds. The van der Waals surface area contributed by atoms with Crippen LogP contribution >= 0.6 is 0 Å². The molecule has 0 bridgehead atoms. The summed E-state index contributed by atoms with van der Waals surface area (Å²) in [5.74, 6) is 0. The largest absolute Gasteiger partial charge is 0.400 e. The van der Waals surface area contributed by atoms with Crippen molar-refractivity contribution in [2.24, 2.45) is 0 Å². The molecule has 0 aliphatic rings. The molecule has 0 spiro atoms. The average molecular weight is 1070 g/mol. The van der Waals surface area contributed by atoms with Crippen LogP contribution in [0.5, 0.6) is 0 Å². The normalized spacial score (nSPS) is 2.33. The van der Waals surface area contributed by atoms with Gasteiger partial charge in [0.2, 0.25) is 0 Å². The van der Waals surface area contributed by atoms with Gasteiger partial charge < -0.3 is 71.5 Å². The smallest absolute Gasteiger partial charge is 0.0319 e. The van der Waals surface area contributed by atoms with Crippen LogP contribution in [-0.2, 0) is 126 Å². The molecule has 22 heteroatoms. The van der Waals surface area contributed by atoms with Crippen molar-refractivity contribution < 1.29 is 198 Å². The predicted molar refractivity (Wildman–Crippen MR) is 126 cm³/mol. The maximum absolute atomic E-state index is 7.00. The van der Waals surface area contributed by atoms with Crippen LogP contribution in [-0.4, -0.2) is 230 Å². The maximum Gasteiger partial charge on any atom is 0.0319 e. The molecule has 234 valence electrons. The molecule has 0 aromatic carbocycles. The van der Waals surface area contributed by atoms with Crippen molar-refractivity contribution in [2.75, 3.05) is 99.5 Å². The summed E-state index contributed by atoms with van der Waals surface area (Å²) in [5.41, 5.74) is 0. The minimum Gasteiger partial charge on any atom is -0.400 e. The first-order chi connectivity index (χ1) is 14.0. The molecule has 0 heterocycles. The Hall–Kier alpha value is 5.57. The van der Waals surface area contributed by atoms with Crippen molar-refractivity contribution in [3.8, 4) is 0 Å². The van der Waals surface area contributed by atoms with E-state index in [0.717, 1.165) is 99.5 Å². The third-order valence-corrected chi connectivity index (χ3v) is 0. The van der Waals surface area contributed by atoms with Gasteiger partial charge in [-0.2, -0.15) is 0 Å². The summed E-state index contributed by atoms with van der Waals surface area (Å²) in [6, 6.07) is 0. The van der Waals surface area contributed by atoms with E-state index in [0.29, 0.717) is 0 Å². The van der Waals surface area contributed by atoms with Gasteiger partial charge in [-0.1, -0.05) is 0 Å². The Labute approximate surface area is 351 Å². The Morgan fingerprint density at radius 3 is 0.139 bits per heavy atom. The molecule has 0 aromatic heterocycles. The van der Waals surface area contributed by atoms with Gasteiger partial charge in [0.05, 0.1) is 0 Å². The first kappa shape index (κ1) is 179. The molecule has 0 aliphatic carbocycles. The fourth-order valence-corrected chi connectivity index (χ4v) is 0. The summed E-state index contributed by atoms with van der Waals surface area (Å²) in [4.78, 5) is 0. The van der Waals surface area contributed by atoms with E-state index in [2.05, 4.69) is 0 Å². The Morgan fingerprint density at radius 2 is 0.139 bits per heavy atom. The van der Waals surface area contributed by atoms with Crippen LogP contribution in [0.1, 0.15) is 0 Å². The van der Waals surface area contributed by atoms with E-state index in [1.54, 1.807) is 0 Å². The van der Waals surface area contributed by atoms with Gasteiger partial charge in [-0.05, 0) is 0 Å². The molecule has 36 heavy (non-hydrogen) atoms. The van der Waals surface area contributed by atoms with Crippen LogP contribution in [0, 0.1) is 0 Å². The van der Waals surface area contributed by atoms with Gasteiger partial charge in [0, 0.05) is 285 Å².